The van der Waals surface area contributed by atoms with E-state index in [4.69, 9.17) is 11.5 Å². The fourth-order valence-corrected chi connectivity index (χ4v) is 2.82. The van der Waals surface area contributed by atoms with Crippen LogP contribution in [0.3, 0.4) is 0 Å². The molecule has 1 aromatic carbocycles. The van der Waals surface area contributed by atoms with Gasteiger partial charge in [-0.05, 0) is 18.4 Å². The van der Waals surface area contributed by atoms with E-state index in [1.165, 1.54) is 6.92 Å². The lowest BCUT2D eigenvalue weighted by Crippen LogP contribution is -2.57. The molecule has 11 nitrogen and oxygen atoms in total. The number of hydrogen-bond donors (Lipinski definition) is 6. The Kier molecular flexibility index (Phi) is 10.3. The van der Waals surface area contributed by atoms with Crippen molar-refractivity contribution in [3.05, 3.63) is 35.9 Å². The van der Waals surface area contributed by atoms with Crippen molar-refractivity contribution in [3.63, 3.8) is 0 Å². The molecule has 32 heavy (non-hydrogen) atoms. The topological polar surface area (TPSA) is 194 Å². The fraction of sp³-hybridized carbons (Fsp3) is 0.476. The van der Waals surface area contributed by atoms with E-state index in [9.17, 15) is 29.1 Å². The highest BCUT2D eigenvalue weighted by Gasteiger charge is 2.30. The Bertz CT molecular complexity index is 829. The number of benzene rings is 1. The summed E-state index contributed by atoms with van der Waals surface area (Å²) < 4.78 is 0. The molecule has 0 aliphatic heterocycles. The van der Waals surface area contributed by atoms with Crippen molar-refractivity contribution in [2.45, 2.75) is 57.8 Å². The zero-order valence-electron chi connectivity index (χ0n) is 18.3. The number of nitrogens with two attached hydrogens (primary N) is 2. The standard InChI is InChI=1S/C21H31N5O6/c1-11(2)17(21(31)32)26-20(30)15(9-13-7-5-4-6-8-13)25-18(28)12(3)24-19(29)14(22)10-16(23)27/h4-8,11-12,14-15,17H,9-10,22H2,1-3H3,(H2,23,27)(H,24,29)(H,25,28)(H,26,30)(H,31,32). The molecule has 0 radical (unpaired) electrons. The number of carbonyl (C=O) groups excluding carboxylic acids is 4. The maximum absolute atomic E-state index is 12.8. The molecule has 4 atom stereocenters. The summed E-state index contributed by atoms with van der Waals surface area (Å²) in [6.45, 7) is 4.68. The lowest BCUT2D eigenvalue weighted by atomic mass is 10.0. The molecule has 0 spiro atoms. The zero-order valence-corrected chi connectivity index (χ0v) is 18.3. The summed E-state index contributed by atoms with van der Waals surface area (Å²) in [6, 6.07) is 4.33. The molecule has 1 aromatic rings. The largest absolute Gasteiger partial charge is 0.480 e. The summed E-state index contributed by atoms with van der Waals surface area (Å²) in [5.74, 6) is -4.44. The third-order valence-corrected chi connectivity index (χ3v) is 4.66. The smallest absolute Gasteiger partial charge is 0.326 e. The van der Waals surface area contributed by atoms with Crippen LogP contribution < -0.4 is 27.4 Å². The number of aliphatic carboxylic acids is 1. The van der Waals surface area contributed by atoms with Crippen molar-refractivity contribution in [1.29, 1.82) is 0 Å². The number of carboxylic acids is 1. The summed E-state index contributed by atoms with van der Waals surface area (Å²) in [4.78, 5) is 59.9. The van der Waals surface area contributed by atoms with Crippen LogP contribution in [0.25, 0.3) is 0 Å². The second-order valence-corrected chi connectivity index (χ2v) is 7.83. The summed E-state index contributed by atoms with van der Waals surface area (Å²) in [5, 5.41) is 16.7. The molecule has 0 bridgehead atoms. The van der Waals surface area contributed by atoms with Gasteiger partial charge in [0.1, 0.15) is 18.1 Å². The molecule has 0 fully saturated rings. The Morgan fingerprint density at radius 1 is 0.906 bits per heavy atom. The van der Waals surface area contributed by atoms with Crippen LogP contribution in [-0.2, 0) is 30.4 Å². The van der Waals surface area contributed by atoms with Crippen molar-refractivity contribution in [1.82, 2.24) is 16.0 Å². The number of hydrogen-bond acceptors (Lipinski definition) is 6. The average molecular weight is 450 g/mol. The van der Waals surface area contributed by atoms with E-state index in [1.54, 1.807) is 44.2 Å². The first-order chi connectivity index (χ1) is 14.9. The van der Waals surface area contributed by atoms with Gasteiger partial charge in [-0.25, -0.2) is 4.79 Å². The Balaban J connectivity index is 2.93. The van der Waals surface area contributed by atoms with E-state index in [2.05, 4.69) is 16.0 Å². The number of nitrogens with one attached hydrogen (secondary N) is 3. The fourth-order valence-electron chi connectivity index (χ4n) is 2.82. The minimum atomic E-state index is -1.21. The van der Waals surface area contributed by atoms with Gasteiger partial charge >= 0.3 is 5.97 Å². The molecule has 0 saturated carbocycles. The van der Waals surface area contributed by atoms with Gasteiger partial charge in [-0.2, -0.15) is 0 Å². The van der Waals surface area contributed by atoms with Crippen molar-refractivity contribution in [2.75, 3.05) is 0 Å². The first-order valence-electron chi connectivity index (χ1n) is 10.1. The van der Waals surface area contributed by atoms with Crippen LogP contribution in [-0.4, -0.2) is 58.9 Å². The molecule has 0 saturated heterocycles. The van der Waals surface area contributed by atoms with Crippen LogP contribution in [0.2, 0.25) is 0 Å². The van der Waals surface area contributed by atoms with E-state index in [1.807, 2.05) is 0 Å². The highest BCUT2D eigenvalue weighted by Crippen LogP contribution is 2.07. The number of rotatable bonds is 12. The maximum atomic E-state index is 12.8. The summed E-state index contributed by atoms with van der Waals surface area (Å²) >= 11 is 0. The lowest BCUT2D eigenvalue weighted by molar-refractivity contribution is -0.143. The predicted molar refractivity (Wildman–Crippen MR) is 116 cm³/mol. The Hall–Kier alpha value is -3.47. The van der Waals surface area contributed by atoms with Crippen LogP contribution in [0.4, 0.5) is 0 Å². The molecule has 8 N–H and O–H groups in total. The third-order valence-electron chi connectivity index (χ3n) is 4.66. The number of carbonyl (C=O) groups is 5. The van der Waals surface area contributed by atoms with Crippen LogP contribution in [0, 0.1) is 5.92 Å². The van der Waals surface area contributed by atoms with Crippen molar-refractivity contribution in [3.8, 4) is 0 Å². The molecule has 1 rings (SSSR count). The monoisotopic (exact) mass is 449 g/mol. The van der Waals surface area contributed by atoms with E-state index in [-0.39, 0.29) is 18.8 Å². The first kappa shape index (κ1) is 26.6. The minimum absolute atomic E-state index is 0.102. The number of amides is 4. The van der Waals surface area contributed by atoms with E-state index >= 15 is 0 Å². The van der Waals surface area contributed by atoms with Gasteiger partial charge in [-0.3, -0.25) is 19.2 Å². The Morgan fingerprint density at radius 3 is 2.00 bits per heavy atom. The van der Waals surface area contributed by atoms with Gasteiger partial charge < -0.3 is 32.5 Å². The summed E-state index contributed by atoms with van der Waals surface area (Å²) in [6.07, 6.45) is -0.282. The van der Waals surface area contributed by atoms with Gasteiger partial charge in [0.2, 0.25) is 23.6 Å². The molecule has 0 heterocycles. The van der Waals surface area contributed by atoms with E-state index < -0.39 is 53.8 Å². The first-order valence-corrected chi connectivity index (χ1v) is 10.1. The van der Waals surface area contributed by atoms with Crippen LogP contribution in [0.1, 0.15) is 32.8 Å². The summed E-state index contributed by atoms with van der Waals surface area (Å²) in [5.41, 5.74) is 11.3. The quantitative estimate of drug-likeness (QED) is 0.227. The van der Waals surface area contributed by atoms with Gasteiger partial charge in [0, 0.05) is 6.42 Å². The third kappa shape index (κ3) is 8.72. The number of primary amides is 1. The van der Waals surface area contributed by atoms with Crippen LogP contribution in [0.5, 0.6) is 0 Å². The van der Waals surface area contributed by atoms with Crippen molar-refractivity contribution >= 4 is 29.6 Å². The van der Waals surface area contributed by atoms with Crippen LogP contribution >= 0.6 is 0 Å². The second-order valence-electron chi connectivity index (χ2n) is 7.83. The van der Waals surface area contributed by atoms with Crippen molar-refractivity contribution < 1.29 is 29.1 Å². The Morgan fingerprint density at radius 2 is 1.50 bits per heavy atom. The Labute approximate surface area is 186 Å². The molecule has 4 unspecified atom stereocenters. The SMILES string of the molecule is CC(NC(=O)C(N)CC(N)=O)C(=O)NC(Cc1ccccc1)C(=O)NC(C(=O)O)C(C)C. The minimum Gasteiger partial charge on any atom is -0.480 e. The molecular formula is C21H31N5O6. The van der Waals surface area contributed by atoms with Gasteiger partial charge in [0.25, 0.3) is 0 Å². The van der Waals surface area contributed by atoms with Gasteiger partial charge in [-0.15, -0.1) is 0 Å². The molecule has 176 valence electrons. The highest BCUT2D eigenvalue weighted by molar-refractivity contribution is 5.94. The summed E-state index contributed by atoms with van der Waals surface area (Å²) in [7, 11) is 0. The van der Waals surface area contributed by atoms with Crippen LogP contribution in [0.15, 0.2) is 30.3 Å². The molecule has 11 heteroatoms. The second kappa shape index (κ2) is 12.4. The van der Waals surface area contributed by atoms with Gasteiger partial charge in [0.05, 0.1) is 12.5 Å². The molecular weight excluding hydrogens is 418 g/mol. The maximum Gasteiger partial charge on any atom is 0.326 e. The van der Waals surface area contributed by atoms with E-state index in [0.29, 0.717) is 0 Å². The average Bonchev–Trinajstić information content (AvgIpc) is 2.70. The number of carboxylic acid groups (broad SMARTS) is 1. The molecule has 0 aliphatic rings. The van der Waals surface area contributed by atoms with Crippen molar-refractivity contribution in [2.24, 2.45) is 17.4 Å². The lowest BCUT2D eigenvalue weighted by Gasteiger charge is -2.25. The zero-order chi connectivity index (χ0) is 24.4. The molecule has 4 amide bonds. The predicted octanol–water partition coefficient (Wildman–Crippen LogP) is -1.35. The normalized spacial score (nSPS) is 14.5. The molecule has 0 aromatic heterocycles. The highest BCUT2D eigenvalue weighted by atomic mass is 16.4. The van der Waals surface area contributed by atoms with Gasteiger partial charge in [-0.1, -0.05) is 44.2 Å². The van der Waals surface area contributed by atoms with Gasteiger partial charge in [0.15, 0.2) is 0 Å². The molecule has 0 aliphatic carbocycles. The van der Waals surface area contributed by atoms with E-state index in [0.717, 1.165) is 5.56 Å².